The summed E-state index contributed by atoms with van der Waals surface area (Å²) in [6.45, 7) is 3.79. The summed E-state index contributed by atoms with van der Waals surface area (Å²) in [6.07, 6.45) is 1.82. The summed E-state index contributed by atoms with van der Waals surface area (Å²) in [5.41, 5.74) is 0.998. The third kappa shape index (κ3) is 7.11. The van der Waals surface area contributed by atoms with Gasteiger partial charge in [0.2, 0.25) is 0 Å². The number of ether oxygens (including phenoxy) is 1. The first-order valence-corrected chi connectivity index (χ1v) is 8.39. The highest BCUT2D eigenvalue weighted by atomic mass is 35.5. The lowest BCUT2D eigenvalue weighted by Crippen LogP contribution is -2.49. The molecule has 8 heteroatoms. The SMILES string of the molecule is C[C@@H]1CC[C@@H](CNCl)N(C(=O)OCc2ccccc2)C1.O=S=O. The van der Waals surface area contributed by atoms with Crippen molar-refractivity contribution in [3.05, 3.63) is 35.9 Å². The summed E-state index contributed by atoms with van der Waals surface area (Å²) in [5, 5.41) is 0. The summed E-state index contributed by atoms with van der Waals surface area (Å²) >= 11 is 4.84. The molecule has 1 aromatic carbocycles. The average Bonchev–Trinajstić information content (AvgIpc) is 2.56. The van der Waals surface area contributed by atoms with Crippen LogP contribution in [0.15, 0.2) is 30.3 Å². The molecule has 0 saturated carbocycles. The lowest BCUT2D eigenvalue weighted by atomic mass is 9.95. The molecule has 1 N–H and O–H groups in total. The summed E-state index contributed by atoms with van der Waals surface area (Å²) in [6, 6.07) is 9.83. The zero-order valence-electron chi connectivity index (χ0n) is 12.9. The van der Waals surface area contributed by atoms with E-state index in [1.165, 1.54) is 0 Å². The van der Waals surface area contributed by atoms with Gasteiger partial charge < -0.3 is 9.64 Å². The van der Waals surface area contributed by atoms with Gasteiger partial charge in [-0.25, -0.2) is 9.63 Å². The van der Waals surface area contributed by atoms with Gasteiger partial charge in [0.1, 0.15) is 6.61 Å². The predicted molar refractivity (Wildman–Crippen MR) is 88.3 cm³/mol. The molecule has 0 spiro atoms. The van der Waals surface area contributed by atoms with Crippen molar-refractivity contribution in [2.45, 2.75) is 32.4 Å². The number of nitrogens with one attached hydrogen (secondary N) is 1. The van der Waals surface area contributed by atoms with Crippen molar-refractivity contribution in [2.75, 3.05) is 13.1 Å². The highest BCUT2D eigenvalue weighted by molar-refractivity contribution is 7.51. The van der Waals surface area contributed by atoms with Crippen LogP contribution in [0.4, 0.5) is 4.79 Å². The van der Waals surface area contributed by atoms with E-state index >= 15 is 0 Å². The first-order chi connectivity index (χ1) is 11.1. The zero-order chi connectivity index (χ0) is 17.1. The Kier molecular flexibility index (Phi) is 9.51. The summed E-state index contributed by atoms with van der Waals surface area (Å²) in [4.78, 5) is 16.7. The quantitative estimate of drug-likeness (QED) is 0.835. The third-order valence-electron chi connectivity index (χ3n) is 3.69. The number of benzene rings is 1. The molecular weight excluding hydrogens is 340 g/mol. The lowest BCUT2D eigenvalue weighted by molar-refractivity contribution is 0.0580. The monoisotopic (exact) mass is 360 g/mol. The maximum absolute atomic E-state index is 12.2. The molecule has 128 valence electrons. The van der Waals surface area contributed by atoms with Crippen molar-refractivity contribution < 1.29 is 17.9 Å². The molecule has 1 aliphatic heterocycles. The lowest BCUT2D eigenvalue weighted by Gasteiger charge is -2.37. The average molecular weight is 361 g/mol. The number of nitrogens with zero attached hydrogens (tertiary/aromatic N) is 1. The van der Waals surface area contributed by atoms with Crippen LogP contribution in [0.3, 0.4) is 0 Å². The minimum absolute atomic E-state index is 0.118. The van der Waals surface area contributed by atoms with E-state index in [9.17, 15) is 4.79 Å². The van der Waals surface area contributed by atoms with E-state index in [-0.39, 0.29) is 12.1 Å². The van der Waals surface area contributed by atoms with Gasteiger partial charge in [0.15, 0.2) is 0 Å². The fourth-order valence-corrected chi connectivity index (χ4v) is 2.71. The molecule has 0 unspecified atom stereocenters. The van der Waals surface area contributed by atoms with Gasteiger partial charge >= 0.3 is 17.7 Å². The predicted octanol–water partition coefficient (Wildman–Crippen LogP) is 2.50. The number of rotatable bonds is 4. The van der Waals surface area contributed by atoms with Gasteiger partial charge in [-0.1, -0.05) is 37.3 Å². The van der Waals surface area contributed by atoms with Crippen LogP contribution in [-0.4, -0.2) is 38.5 Å². The third-order valence-corrected chi connectivity index (χ3v) is 3.85. The Morgan fingerprint density at radius 3 is 2.61 bits per heavy atom. The van der Waals surface area contributed by atoms with Crippen molar-refractivity contribution in [1.82, 2.24) is 9.74 Å². The van der Waals surface area contributed by atoms with Crippen molar-refractivity contribution in [3.63, 3.8) is 0 Å². The van der Waals surface area contributed by atoms with Crippen LogP contribution >= 0.6 is 11.8 Å². The zero-order valence-corrected chi connectivity index (χ0v) is 14.5. The number of carbonyl (C=O) groups excluding carboxylic acids is 1. The molecule has 1 fully saturated rings. The number of hydrogen-bond acceptors (Lipinski definition) is 5. The Morgan fingerprint density at radius 2 is 2.00 bits per heavy atom. The molecule has 1 amide bonds. The normalized spacial score (nSPS) is 20.2. The van der Waals surface area contributed by atoms with Crippen LogP contribution in [-0.2, 0) is 22.9 Å². The molecule has 1 saturated heterocycles. The molecule has 23 heavy (non-hydrogen) atoms. The number of halogens is 1. The largest absolute Gasteiger partial charge is 0.445 e. The molecule has 2 rings (SSSR count). The number of amides is 1. The Morgan fingerprint density at radius 1 is 1.35 bits per heavy atom. The van der Waals surface area contributed by atoms with Crippen molar-refractivity contribution in [3.8, 4) is 0 Å². The number of hydrogen-bond donors (Lipinski definition) is 1. The van der Waals surface area contributed by atoms with Crippen molar-refractivity contribution >= 4 is 29.4 Å². The first-order valence-electron chi connectivity index (χ1n) is 7.35. The van der Waals surface area contributed by atoms with Crippen molar-refractivity contribution in [1.29, 1.82) is 0 Å². The fourth-order valence-electron chi connectivity index (χ4n) is 2.54. The van der Waals surface area contributed by atoms with E-state index in [2.05, 4.69) is 11.8 Å². The van der Waals surface area contributed by atoms with E-state index in [0.717, 1.165) is 24.9 Å². The number of likely N-dealkylation sites (tertiary alicyclic amines) is 1. The molecule has 2 atom stereocenters. The molecule has 1 aliphatic rings. The second-order valence-corrected chi connectivity index (χ2v) is 5.84. The molecule has 1 heterocycles. The Labute approximate surface area is 144 Å². The maximum Gasteiger partial charge on any atom is 0.410 e. The molecule has 0 radical (unpaired) electrons. The Balaban J connectivity index is 0.000000816. The molecule has 1 aromatic rings. The minimum Gasteiger partial charge on any atom is -0.445 e. The van der Waals surface area contributed by atoms with E-state index in [1.807, 2.05) is 30.3 Å². The second kappa shape index (κ2) is 11.2. The molecule has 6 nitrogen and oxygen atoms in total. The minimum atomic E-state index is -0.750. The molecule has 0 aromatic heterocycles. The van der Waals surface area contributed by atoms with Gasteiger partial charge in [-0.05, 0) is 36.1 Å². The van der Waals surface area contributed by atoms with Gasteiger partial charge in [-0.15, -0.1) is 0 Å². The summed E-state index contributed by atoms with van der Waals surface area (Å²) in [5.74, 6) is 0.505. The fraction of sp³-hybridized carbons (Fsp3) is 0.533. The van der Waals surface area contributed by atoms with Gasteiger partial charge in [-0.2, -0.15) is 8.42 Å². The topological polar surface area (TPSA) is 75.7 Å². The Bertz CT molecular complexity index is 511. The van der Waals surface area contributed by atoms with Crippen molar-refractivity contribution in [2.24, 2.45) is 5.92 Å². The van der Waals surface area contributed by atoms with Gasteiger partial charge in [0.25, 0.3) is 0 Å². The second-order valence-electron chi connectivity index (χ2n) is 5.43. The number of piperidine rings is 1. The smallest absolute Gasteiger partial charge is 0.410 e. The van der Waals surface area contributed by atoms with Crippen LogP contribution in [0.25, 0.3) is 0 Å². The summed E-state index contributed by atoms with van der Waals surface area (Å²) < 4.78 is 22.0. The van der Waals surface area contributed by atoms with E-state index in [4.69, 9.17) is 24.9 Å². The highest BCUT2D eigenvalue weighted by Crippen LogP contribution is 2.22. The van der Waals surface area contributed by atoms with Gasteiger partial charge in [-0.3, -0.25) is 0 Å². The van der Waals surface area contributed by atoms with E-state index in [0.29, 0.717) is 19.1 Å². The summed E-state index contributed by atoms with van der Waals surface area (Å²) in [7, 11) is 0. The number of carbonyl (C=O) groups is 1. The maximum atomic E-state index is 12.2. The first kappa shape index (κ1) is 19.6. The molecular formula is C15H21ClN2O4S. The van der Waals surface area contributed by atoms with E-state index < -0.39 is 11.6 Å². The molecule has 0 aliphatic carbocycles. The van der Waals surface area contributed by atoms with Crippen LogP contribution in [0.1, 0.15) is 25.3 Å². The standard InChI is InChI=1S/C15H21ClN2O2.O2S/c1-12-7-8-14(9-17-16)18(10-12)15(19)20-11-13-5-3-2-4-6-13;1-3-2/h2-6,12,14,17H,7-11H2,1H3;/t12-,14+;/m1./s1. The van der Waals surface area contributed by atoms with Gasteiger partial charge in [0, 0.05) is 19.1 Å². The van der Waals surface area contributed by atoms with Crippen LogP contribution in [0.2, 0.25) is 0 Å². The van der Waals surface area contributed by atoms with Crippen LogP contribution in [0.5, 0.6) is 0 Å². The van der Waals surface area contributed by atoms with E-state index in [1.54, 1.807) is 4.90 Å². The molecule has 0 bridgehead atoms. The Hall–Kier alpha value is -1.44. The van der Waals surface area contributed by atoms with Crippen LogP contribution in [0, 0.1) is 5.92 Å². The highest BCUT2D eigenvalue weighted by Gasteiger charge is 2.30. The van der Waals surface area contributed by atoms with Crippen LogP contribution < -0.4 is 4.84 Å². The van der Waals surface area contributed by atoms with Gasteiger partial charge in [0.05, 0.1) is 0 Å².